The minimum Gasteiger partial charge on any atom is -0.366 e. The Bertz CT molecular complexity index is 748. The summed E-state index contributed by atoms with van der Waals surface area (Å²) in [4.78, 5) is 23.1. The Morgan fingerprint density at radius 1 is 1.00 bits per heavy atom. The minimum absolute atomic E-state index is 0. The van der Waals surface area contributed by atoms with Gasteiger partial charge in [-0.05, 0) is 35.9 Å². The van der Waals surface area contributed by atoms with Crippen LogP contribution >= 0.6 is 12.4 Å². The molecular formula is C16H14ClF3N2O2. The van der Waals surface area contributed by atoms with Crippen LogP contribution in [0.2, 0.25) is 0 Å². The van der Waals surface area contributed by atoms with E-state index < -0.39 is 23.6 Å². The average molecular weight is 359 g/mol. The van der Waals surface area contributed by atoms with Crippen molar-refractivity contribution in [3.63, 3.8) is 0 Å². The smallest absolute Gasteiger partial charge is 0.366 e. The van der Waals surface area contributed by atoms with E-state index in [-0.39, 0.29) is 30.1 Å². The van der Waals surface area contributed by atoms with Gasteiger partial charge in [-0.1, -0.05) is 18.2 Å². The van der Waals surface area contributed by atoms with Gasteiger partial charge in [-0.3, -0.25) is 9.59 Å². The standard InChI is InChI=1S/C16H13F3N2O2.ClH/c17-16(18,19)13-6-1-3-10(7-13)9-21-15(23)12-5-2-4-11(8-12)14(20)22;/h1-8H,9H2,(H2,20,22)(H,21,23);1H. The highest BCUT2D eigenvalue weighted by molar-refractivity contribution is 5.99. The van der Waals surface area contributed by atoms with Crippen molar-refractivity contribution in [2.24, 2.45) is 5.73 Å². The highest BCUT2D eigenvalue weighted by Gasteiger charge is 2.30. The summed E-state index contributed by atoms with van der Waals surface area (Å²) in [6.45, 7) is -0.0659. The predicted molar refractivity (Wildman–Crippen MR) is 84.8 cm³/mol. The van der Waals surface area contributed by atoms with Crippen molar-refractivity contribution in [1.29, 1.82) is 0 Å². The molecule has 0 spiro atoms. The van der Waals surface area contributed by atoms with Gasteiger partial charge in [0.1, 0.15) is 0 Å². The molecule has 0 saturated heterocycles. The number of alkyl halides is 3. The number of nitrogens with one attached hydrogen (secondary N) is 1. The molecule has 2 rings (SSSR count). The molecule has 24 heavy (non-hydrogen) atoms. The summed E-state index contributed by atoms with van der Waals surface area (Å²) in [6.07, 6.45) is -4.43. The van der Waals surface area contributed by atoms with Crippen LogP contribution in [0, 0.1) is 0 Å². The molecule has 0 aromatic heterocycles. The fourth-order valence-corrected chi connectivity index (χ4v) is 1.96. The Labute approximate surface area is 142 Å². The van der Waals surface area contributed by atoms with Crippen molar-refractivity contribution in [3.05, 3.63) is 70.8 Å². The topological polar surface area (TPSA) is 72.2 Å². The zero-order valence-electron chi connectivity index (χ0n) is 12.3. The number of amides is 2. The molecule has 8 heteroatoms. The highest BCUT2D eigenvalue weighted by Crippen LogP contribution is 2.29. The van der Waals surface area contributed by atoms with Gasteiger partial charge >= 0.3 is 6.18 Å². The van der Waals surface area contributed by atoms with Crippen molar-refractivity contribution in [3.8, 4) is 0 Å². The van der Waals surface area contributed by atoms with Crippen molar-refractivity contribution in [2.45, 2.75) is 12.7 Å². The van der Waals surface area contributed by atoms with Crippen LogP contribution in [0.15, 0.2) is 48.5 Å². The molecule has 0 bridgehead atoms. The van der Waals surface area contributed by atoms with Crippen LogP contribution in [-0.2, 0) is 12.7 Å². The number of carbonyl (C=O) groups excluding carboxylic acids is 2. The molecule has 2 aromatic carbocycles. The third-order valence-corrected chi connectivity index (χ3v) is 3.12. The average Bonchev–Trinajstić information content (AvgIpc) is 2.52. The van der Waals surface area contributed by atoms with Gasteiger partial charge in [-0.15, -0.1) is 12.4 Å². The van der Waals surface area contributed by atoms with Gasteiger partial charge in [-0.2, -0.15) is 13.2 Å². The summed E-state index contributed by atoms with van der Waals surface area (Å²) in [7, 11) is 0. The molecule has 0 radical (unpaired) electrons. The van der Waals surface area contributed by atoms with E-state index in [0.717, 1.165) is 12.1 Å². The molecule has 0 atom stereocenters. The van der Waals surface area contributed by atoms with Gasteiger partial charge < -0.3 is 11.1 Å². The van der Waals surface area contributed by atoms with E-state index in [4.69, 9.17) is 5.73 Å². The van der Waals surface area contributed by atoms with Crippen LogP contribution in [0.3, 0.4) is 0 Å². The number of primary amides is 1. The number of nitrogens with two attached hydrogens (primary N) is 1. The SMILES string of the molecule is Cl.NC(=O)c1cccc(C(=O)NCc2cccc(C(F)(F)F)c2)c1. The van der Waals surface area contributed by atoms with Crippen LogP contribution in [-0.4, -0.2) is 11.8 Å². The van der Waals surface area contributed by atoms with Crippen LogP contribution in [0.5, 0.6) is 0 Å². The zero-order valence-corrected chi connectivity index (χ0v) is 13.1. The number of carbonyl (C=O) groups is 2. The quantitative estimate of drug-likeness (QED) is 0.881. The first-order valence-electron chi connectivity index (χ1n) is 6.61. The van der Waals surface area contributed by atoms with E-state index >= 15 is 0 Å². The summed E-state index contributed by atoms with van der Waals surface area (Å²) in [6, 6.07) is 10.5. The third-order valence-electron chi connectivity index (χ3n) is 3.12. The maximum absolute atomic E-state index is 12.6. The first kappa shape index (κ1) is 19.5. The van der Waals surface area contributed by atoms with Crippen molar-refractivity contribution in [2.75, 3.05) is 0 Å². The molecule has 4 nitrogen and oxygen atoms in total. The van der Waals surface area contributed by atoms with Gasteiger partial charge in [0.25, 0.3) is 5.91 Å². The Morgan fingerprint density at radius 2 is 1.62 bits per heavy atom. The normalized spacial score (nSPS) is 10.6. The highest BCUT2D eigenvalue weighted by atomic mass is 35.5. The fraction of sp³-hybridized carbons (Fsp3) is 0.125. The van der Waals surface area contributed by atoms with E-state index in [2.05, 4.69) is 5.32 Å². The lowest BCUT2D eigenvalue weighted by Crippen LogP contribution is -2.23. The maximum Gasteiger partial charge on any atom is 0.416 e. The van der Waals surface area contributed by atoms with Gasteiger partial charge in [-0.25, -0.2) is 0 Å². The summed E-state index contributed by atoms with van der Waals surface area (Å²) in [5, 5.41) is 2.50. The zero-order chi connectivity index (χ0) is 17.0. The van der Waals surface area contributed by atoms with E-state index in [0.29, 0.717) is 5.56 Å². The van der Waals surface area contributed by atoms with E-state index in [1.54, 1.807) is 0 Å². The van der Waals surface area contributed by atoms with E-state index in [1.165, 1.54) is 36.4 Å². The summed E-state index contributed by atoms with van der Waals surface area (Å²) in [5.41, 5.74) is 5.05. The largest absolute Gasteiger partial charge is 0.416 e. The molecule has 2 amide bonds. The third kappa shape index (κ3) is 4.99. The molecule has 0 aliphatic heterocycles. The Hall–Kier alpha value is -2.54. The van der Waals surface area contributed by atoms with Crippen molar-refractivity contribution < 1.29 is 22.8 Å². The van der Waals surface area contributed by atoms with Gasteiger partial charge in [0.15, 0.2) is 0 Å². The van der Waals surface area contributed by atoms with Gasteiger partial charge in [0.2, 0.25) is 5.91 Å². The van der Waals surface area contributed by atoms with Crippen LogP contribution < -0.4 is 11.1 Å². The lowest BCUT2D eigenvalue weighted by atomic mass is 10.1. The van der Waals surface area contributed by atoms with Crippen LogP contribution in [0.1, 0.15) is 31.8 Å². The second kappa shape index (κ2) is 7.83. The second-order valence-corrected chi connectivity index (χ2v) is 4.83. The minimum atomic E-state index is -4.43. The molecule has 128 valence electrons. The summed E-state index contributed by atoms with van der Waals surface area (Å²) < 4.78 is 37.9. The fourth-order valence-electron chi connectivity index (χ4n) is 1.96. The second-order valence-electron chi connectivity index (χ2n) is 4.83. The molecule has 0 heterocycles. The first-order valence-corrected chi connectivity index (χ1v) is 6.61. The van der Waals surface area contributed by atoms with Crippen LogP contribution in [0.25, 0.3) is 0 Å². The van der Waals surface area contributed by atoms with Gasteiger partial charge in [0, 0.05) is 17.7 Å². The van der Waals surface area contributed by atoms with Gasteiger partial charge in [0.05, 0.1) is 5.56 Å². The number of rotatable bonds is 4. The molecule has 0 saturated carbocycles. The lowest BCUT2D eigenvalue weighted by molar-refractivity contribution is -0.137. The maximum atomic E-state index is 12.6. The molecule has 3 N–H and O–H groups in total. The molecule has 0 unspecified atom stereocenters. The molecular weight excluding hydrogens is 345 g/mol. The lowest BCUT2D eigenvalue weighted by Gasteiger charge is -2.10. The molecule has 2 aromatic rings. The van der Waals surface area contributed by atoms with E-state index in [9.17, 15) is 22.8 Å². The molecule has 0 aliphatic rings. The molecule has 0 aliphatic carbocycles. The summed E-state index contributed by atoms with van der Waals surface area (Å²) in [5.74, 6) is -1.18. The summed E-state index contributed by atoms with van der Waals surface area (Å²) >= 11 is 0. The van der Waals surface area contributed by atoms with E-state index in [1.807, 2.05) is 0 Å². The number of benzene rings is 2. The first-order chi connectivity index (χ1) is 10.8. The number of hydrogen-bond donors (Lipinski definition) is 2. The Kier molecular flexibility index (Phi) is 6.36. The van der Waals surface area contributed by atoms with Crippen molar-refractivity contribution in [1.82, 2.24) is 5.32 Å². The predicted octanol–water partition coefficient (Wildman–Crippen LogP) is 3.16. The Balaban J connectivity index is 0.00000288. The number of halogens is 4. The van der Waals surface area contributed by atoms with Crippen LogP contribution in [0.4, 0.5) is 13.2 Å². The Morgan fingerprint density at radius 3 is 2.25 bits per heavy atom. The van der Waals surface area contributed by atoms with Crippen molar-refractivity contribution >= 4 is 24.2 Å². The number of hydrogen-bond acceptors (Lipinski definition) is 2. The monoisotopic (exact) mass is 358 g/mol. The molecule has 0 fully saturated rings.